The van der Waals surface area contributed by atoms with Crippen LogP contribution in [0.5, 0.6) is 0 Å². The third-order valence-electron chi connectivity index (χ3n) is 3.48. The molecule has 94 valence electrons. The number of thiol groups is 1. The molecule has 1 aliphatic rings. The standard InChI is InChI=1S/C12H24N2OS/c1-8(14(3)4)7-11(10-5-6-10)12(16)13-9(2)15/h8,10-12,16H,5-7H2,1-4H3,(H,13,15). The monoisotopic (exact) mass is 244 g/mol. The number of hydrogen-bond donors (Lipinski definition) is 2. The van der Waals surface area contributed by atoms with Crippen molar-refractivity contribution in [2.24, 2.45) is 11.8 Å². The Morgan fingerprint density at radius 1 is 1.50 bits per heavy atom. The molecule has 1 rings (SSSR count). The summed E-state index contributed by atoms with van der Waals surface area (Å²) in [5.74, 6) is 1.28. The van der Waals surface area contributed by atoms with E-state index in [-0.39, 0.29) is 11.3 Å². The Balaban J connectivity index is 2.50. The quantitative estimate of drug-likeness (QED) is 0.551. The van der Waals surface area contributed by atoms with Crippen LogP contribution < -0.4 is 5.32 Å². The second-order valence-electron chi connectivity index (χ2n) is 5.19. The highest BCUT2D eigenvalue weighted by molar-refractivity contribution is 7.80. The van der Waals surface area contributed by atoms with Gasteiger partial charge in [0.1, 0.15) is 0 Å². The summed E-state index contributed by atoms with van der Waals surface area (Å²) in [4.78, 5) is 13.3. The number of amides is 1. The Morgan fingerprint density at radius 3 is 2.44 bits per heavy atom. The van der Waals surface area contributed by atoms with E-state index in [0.29, 0.717) is 12.0 Å². The maximum absolute atomic E-state index is 11.1. The molecule has 3 atom stereocenters. The molecule has 3 nitrogen and oxygen atoms in total. The van der Waals surface area contributed by atoms with Crippen molar-refractivity contribution in [3.8, 4) is 0 Å². The van der Waals surface area contributed by atoms with E-state index in [1.807, 2.05) is 0 Å². The molecule has 0 aromatic heterocycles. The van der Waals surface area contributed by atoms with Crippen molar-refractivity contribution in [1.29, 1.82) is 0 Å². The minimum atomic E-state index is 0.00685. The normalized spacial score (nSPS) is 21.6. The van der Waals surface area contributed by atoms with Gasteiger partial charge < -0.3 is 10.2 Å². The van der Waals surface area contributed by atoms with E-state index < -0.39 is 0 Å². The predicted molar refractivity (Wildman–Crippen MR) is 70.6 cm³/mol. The van der Waals surface area contributed by atoms with Crippen molar-refractivity contribution < 1.29 is 4.79 Å². The van der Waals surface area contributed by atoms with E-state index in [2.05, 4.69) is 43.9 Å². The van der Waals surface area contributed by atoms with Crippen molar-refractivity contribution >= 4 is 18.5 Å². The van der Waals surface area contributed by atoms with Crippen LogP contribution >= 0.6 is 12.6 Å². The molecule has 0 bridgehead atoms. The molecule has 0 aromatic rings. The Morgan fingerprint density at radius 2 is 2.06 bits per heavy atom. The third kappa shape index (κ3) is 4.34. The summed E-state index contributed by atoms with van der Waals surface area (Å²) in [5, 5.41) is 2.92. The Kier molecular flexibility index (Phi) is 5.12. The molecule has 0 radical (unpaired) electrons. The second-order valence-corrected chi connectivity index (χ2v) is 5.75. The Hall–Kier alpha value is -0.220. The van der Waals surface area contributed by atoms with Crippen molar-refractivity contribution in [3.05, 3.63) is 0 Å². The van der Waals surface area contributed by atoms with Crippen LogP contribution in [0.15, 0.2) is 0 Å². The second kappa shape index (κ2) is 5.92. The lowest BCUT2D eigenvalue weighted by Crippen LogP contribution is -2.39. The molecule has 1 amide bonds. The molecule has 0 heterocycles. The van der Waals surface area contributed by atoms with Crippen LogP contribution in [0.4, 0.5) is 0 Å². The summed E-state index contributed by atoms with van der Waals surface area (Å²) in [5.41, 5.74) is 0. The number of rotatable bonds is 6. The third-order valence-corrected chi connectivity index (χ3v) is 3.99. The zero-order chi connectivity index (χ0) is 12.3. The van der Waals surface area contributed by atoms with E-state index in [0.717, 1.165) is 12.3 Å². The van der Waals surface area contributed by atoms with Gasteiger partial charge in [-0.3, -0.25) is 4.79 Å². The predicted octanol–water partition coefficient (Wildman–Crippen LogP) is 1.74. The molecule has 3 unspecified atom stereocenters. The number of carbonyl (C=O) groups excluding carboxylic acids is 1. The maximum Gasteiger partial charge on any atom is 0.217 e. The molecule has 1 fully saturated rings. The molecular weight excluding hydrogens is 220 g/mol. The van der Waals surface area contributed by atoms with Crippen molar-refractivity contribution in [2.75, 3.05) is 14.1 Å². The van der Waals surface area contributed by atoms with Crippen LogP contribution in [0.3, 0.4) is 0 Å². The fourth-order valence-corrected chi connectivity index (χ4v) is 2.57. The minimum absolute atomic E-state index is 0.00685. The summed E-state index contributed by atoms with van der Waals surface area (Å²) >= 11 is 4.54. The summed E-state index contributed by atoms with van der Waals surface area (Å²) < 4.78 is 0. The fraction of sp³-hybridized carbons (Fsp3) is 0.917. The van der Waals surface area contributed by atoms with E-state index in [9.17, 15) is 4.79 Å². The van der Waals surface area contributed by atoms with Gasteiger partial charge in [-0.2, -0.15) is 12.6 Å². The topological polar surface area (TPSA) is 32.3 Å². The van der Waals surface area contributed by atoms with Crippen LogP contribution in [0.25, 0.3) is 0 Å². The van der Waals surface area contributed by atoms with Gasteiger partial charge in [0.2, 0.25) is 5.91 Å². The van der Waals surface area contributed by atoms with Gasteiger partial charge in [-0.1, -0.05) is 0 Å². The first-order valence-corrected chi connectivity index (χ1v) is 6.55. The lowest BCUT2D eigenvalue weighted by molar-refractivity contribution is -0.119. The van der Waals surface area contributed by atoms with Gasteiger partial charge in [-0.25, -0.2) is 0 Å². The first-order valence-electron chi connectivity index (χ1n) is 6.03. The highest BCUT2D eigenvalue weighted by Gasteiger charge is 2.36. The number of nitrogens with zero attached hydrogens (tertiary/aromatic N) is 1. The number of hydrogen-bond acceptors (Lipinski definition) is 3. The van der Waals surface area contributed by atoms with Gasteiger partial charge in [0.05, 0.1) is 5.37 Å². The minimum Gasteiger partial charge on any atom is -0.345 e. The Labute approximate surface area is 104 Å². The largest absolute Gasteiger partial charge is 0.345 e. The molecule has 1 saturated carbocycles. The van der Waals surface area contributed by atoms with Crippen LogP contribution in [-0.4, -0.2) is 36.3 Å². The SMILES string of the molecule is CC(=O)NC(S)C(CC(C)N(C)C)C1CC1. The van der Waals surface area contributed by atoms with Crippen LogP contribution in [0, 0.1) is 11.8 Å². The summed E-state index contributed by atoms with van der Waals surface area (Å²) in [6, 6.07) is 0.536. The fourth-order valence-electron chi connectivity index (χ4n) is 2.02. The molecule has 0 aliphatic heterocycles. The van der Waals surface area contributed by atoms with Gasteiger partial charge in [0.25, 0.3) is 0 Å². The van der Waals surface area contributed by atoms with Crippen LogP contribution in [-0.2, 0) is 4.79 Å². The van der Waals surface area contributed by atoms with Crippen LogP contribution in [0.2, 0.25) is 0 Å². The molecule has 16 heavy (non-hydrogen) atoms. The molecule has 0 aromatic carbocycles. The zero-order valence-corrected chi connectivity index (χ0v) is 11.6. The number of nitrogens with one attached hydrogen (secondary N) is 1. The van der Waals surface area contributed by atoms with E-state index in [1.165, 1.54) is 12.8 Å². The van der Waals surface area contributed by atoms with Gasteiger partial charge in [-0.15, -0.1) is 0 Å². The van der Waals surface area contributed by atoms with E-state index >= 15 is 0 Å². The van der Waals surface area contributed by atoms with Crippen molar-refractivity contribution in [2.45, 2.75) is 44.5 Å². The zero-order valence-electron chi connectivity index (χ0n) is 10.7. The Bertz CT molecular complexity index is 241. The first-order chi connectivity index (χ1) is 7.41. The van der Waals surface area contributed by atoms with E-state index in [1.54, 1.807) is 6.92 Å². The molecule has 0 saturated heterocycles. The van der Waals surface area contributed by atoms with Crippen molar-refractivity contribution in [1.82, 2.24) is 10.2 Å². The van der Waals surface area contributed by atoms with Gasteiger partial charge >= 0.3 is 0 Å². The molecule has 1 N–H and O–H groups in total. The highest BCUT2D eigenvalue weighted by Crippen LogP contribution is 2.41. The maximum atomic E-state index is 11.1. The van der Waals surface area contributed by atoms with Crippen LogP contribution in [0.1, 0.15) is 33.1 Å². The molecule has 0 spiro atoms. The lowest BCUT2D eigenvalue weighted by atomic mass is 9.94. The highest BCUT2D eigenvalue weighted by atomic mass is 32.1. The molecule has 1 aliphatic carbocycles. The lowest BCUT2D eigenvalue weighted by Gasteiger charge is -2.29. The summed E-state index contributed by atoms with van der Waals surface area (Å²) in [6.07, 6.45) is 3.69. The first kappa shape index (κ1) is 13.8. The molecular formula is C12H24N2OS. The van der Waals surface area contributed by atoms with E-state index in [4.69, 9.17) is 0 Å². The van der Waals surface area contributed by atoms with Crippen molar-refractivity contribution in [3.63, 3.8) is 0 Å². The summed E-state index contributed by atoms with van der Waals surface area (Å²) in [6.45, 7) is 3.78. The summed E-state index contributed by atoms with van der Waals surface area (Å²) in [7, 11) is 4.20. The average molecular weight is 244 g/mol. The van der Waals surface area contributed by atoms with Gasteiger partial charge in [-0.05, 0) is 52.1 Å². The smallest absolute Gasteiger partial charge is 0.217 e. The molecule has 4 heteroatoms. The number of carbonyl (C=O) groups is 1. The van der Waals surface area contributed by atoms with Gasteiger partial charge in [0.15, 0.2) is 0 Å². The van der Waals surface area contributed by atoms with Gasteiger partial charge in [0, 0.05) is 13.0 Å². The average Bonchev–Trinajstić information content (AvgIpc) is 2.95.